The Balaban J connectivity index is 0.00000576. The molecule has 142 valence electrons. The molecule has 0 heterocycles. The first-order chi connectivity index (χ1) is 11.1. The Morgan fingerprint density at radius 3 is 2.48 bits per heavy atom. The van der Waals surface area contributed by atoms with Gasteiger partial charge in [0.15, 0.2) is 0 Å². The summed E-state index contributed by atoms with van der Waals surface area (Å²) in [5, 5.41) is 4.79. The van der Waals surface area contributed by atoms with E-state index in [1.54, 1.807) is 7.05 Å². The second kappa shape index (κ2) is 10.5. The van der Waals surface area contributed by atoms with E-state index >= 15 is 0 Å². The zero-order valence-electron chi connectivity index (χ0n) is 13.7. The molecule has 0 atom stereocenters. The zero-order chi connectivity index (χ0) is 18.3. The van der Waals surface area contributed by atoms with Gasteiger partial charge in [-0.1, -0.05) is 11.6 Å². The van der Waals surface area contributed by atoms with E-state index < -0.39 is 22.7 Å². The Bertz CT molecular complexity index is 598. The number of nitrogens with zero attached hydrogens (tertiary/aromatic N) is 1. The SMILES string of the molecule is CNCCCC(=O)N(C)CC(=O)Nc1ccc(Cl)c(C(F)(F)F)c1.Cl. The van der Waals surface area contributed by atoms with E-state index in [0.717, 1.165) is 12.1 Å². The third-order valence-electron chi connectivity index (χ3n) is 3.18. The fourth-order valence-electron chi connectivity index (χ4n) is 1.93. The number of alkyl halides is 3. The molecule has 1 aromatic carbocycles. The molecular formula is C15H20Cl2F3N3O2. The maximum atomic E-state index is 12.8. The van der Waals surface area contributed by atoms with Gasteiger partial charge >= 0.3 is 6.18 Å². The number of anilines is 1. The molecule has 0 aromatic heterocycles. The van der Waals surface area contributed by atoms with Gasteiger partial charge in [0, 0.05) is 19.2 Å². The highest BCUT2D eigenvalue weighted by atomic mass is 35.5. The van der Waals surface area contributed by atoms with Crippen molar-refractivity contribution in [2.75, 3.05) is 32.5 Å². The number of likely N-dealkylation sites (N-methyl/N-ethyl adjacent to an activating group) is 1. The van der Waals surface area contributed by atoms with Crippen LogP contribution in [-0.4, -0.2) is 43.9 Å². The lowest BCUT2D eigenvalue weighted by molar-refractivity contribution is -0.137. The van der Waals surface area contributed by atoms with Crippen LogP contribution in [0.15, 0.2) is 18.2 Å². The molecule has 0 saturated carbocycles. The van der Waals surface area contributed by atoms with Crippen LogP contribution in [0.5, 0.6) is 0 Å². The van der Waals surface area contributed by atoms with Crippen LogP contribution in [0.2, 0.25) is 5.02 Å². The van der Waals surface area contributed by atoms with E-state index in [2.05, 4.69) is 10.6 Å². The van der Waals surface area contributed by atoms with Crippen LogP contribution in [0.25, 0.3) is 0 Å². The van der Waals surface area contributed by atoms with Gasteiger partial charge in [0.25, 0.3) is 0 Å². The molecule has 10 heteroatoms. The number of nitrogens with one attached hydrogen (secondary N) is 2. The molecule has 2 N–H and O–H groups in total. The first kappa shape index (κ1) is 23.5. The van der Waals surface area contributed by atoms with Gasteiger partial charge in [-0.2, -0.15) is 13.2 Å². The fourth-order valence-corrected chi connectivity index (χ4v) is 2.16. The Morgan fingerprint density at radius 2 is 1.92 bits per heavy atom. The largest absolute Gasteiger partial charge is 0.417 e. The molecule has 1 rings (SSSR count). The van der Waals surface area contributed by atoms with Crippen LogP contribution in [-0.2, 0) is 15.8 Å². The van der Waals surface area contributed by atoms with Crippen molar-refractivity contribution in [2.45, 2.75) is 19.0 Å². The Labute approximate surface area is 155 Å². The number of hydrogen-bond acceptors (Lipinski definition) is 3. The maximum Gasteiger partial charge on any atom is 0.417 e. The number of halogens is 5. The minimum Gasteiger partial charge on any atom is -0.336 e. The van der Waals surface area contributed by atoms with Gasteiger partial charge < -0.3 is 15.5 Å². The smallest absolute Gasteiger partial charge is 0.336 e. The van der Waals surface area contributed by atoms with Crippen LogP contribution in [0.3, 0.4) is 0 Å². The molecule has 2 amide bonds. The van der Waals surface area contributed by atoms with E-state index in [4.69, 9.17) is 11.6 Å². The van der Waals surface area contributed by atoms with Gasteiger partial charge in [-0.25, -0.2) is 0 Å². The summed E-state index contributed by atoms with van der Waals surface area (Å²) in [4.78, 5) is 24.9. The van der Waals surface area contributed by atoms with Gasteiger partial charge in [0.1, 0.15) is 0 Å². The summed E-state index contributed by atoms with van der Waals surface area (Å²) in [5.74, 6) is -0.803. The Morgan fingerprint density at radius 1 is 1.28 bits per heavy atom. The number of benzene rings is 1. The molecule has 5 nitrogen and oxygen atoms in total. The number of carbonyl (C=O) groups is 2. The predicted molar refractivity (Wildman–Crippen MR) is 93.1 cm³/mol. The molecule has 0 spiro atoms. The van der Waals surface area contributed by atoms with Crippen LogP contribution < -0.4 is 10.6 Å². The van der Waals surface area contributed by atoms with Gasteiger partial charge in [0.05, 0.1) is 17.1 Å². The molecule has 0 bridgehead atoms. The Kier molecular flexibility index (Phi) is 9.84. The minimum atomic E-state index is -4.61. The lowest BCUT2D eigenvalue weighted by Crippen LogP contribution is -2.35. The minimum absolute atomic E-state index is 0. The number of carbonyl (C=O) groups excluding carboxylic acids is 2. The molecule has 0 aliphatic rings. The lowest BCUT2D eigenvalue weighted by atomic mass is 10.2. The van der Waals surface area contributed by atoms with E-state index in [1.165, 1.54) is 18.0 Å². The van der Waals surface area contributed by atoms with E-state index in [1.807, 2.05) is 0 Å². The summed E-state index contributed by atoms with van der Waals surface area (Å²) >= 11 is 5.51. The summed E-state index contributed by atoms with van der Waals surface area (Å²) in [7, 11) is 3.23. The van der Waals surface area contributed by atoms with Crippen molar-refractivity contribution in [3.63, 3.8) is 0 Å². The maximum absolute atomic E-state index is 12.8. The second-order valence-corrected chi connectivity index (χ2v) is 5.60. The van der Waals surface area contributed by atoms with E-state index in [-0.39, 0.29) is 37.0 Å². The van der Waals surface area contributed by atoms with Crippen molar-refractivity contribution in [3.05, 3.63) is 28.8 Å². The van der Waals surface area contributed by atoms with Crippen molar-refractivity contribution in [1.29, 1.82) is 0 Å². The van der Waals surface area contributed by atoms with Crippen molar-refractivity contribution in [2.24, 2.45) is 0 Å². The van der Waals surface area contributed by atoms with Gasteiger partial charge in [0.2, 0.25) is 11.8 Å². The molecule has 0 saturated heterocycles. The highest BCUT2D eigenvalue weighted by Crippen LogP contribution is 2.36. The number of rotatable bonds is 7. The number of hydrogen-bond donors (Lipinski definition) is 2. The summed E-state index contributed by atoms with van der Waals surface area (Å²) in [6, 6.07) is 3.09. The molecule has 0 aliphatic heterocycles. The topological polar surface area (TPSA) is 61.4 Å². The van der Waals surface area contributed by atoms with Crippen molar-refractivity contribution < 1.29 is 22.8 Å². The number of amides is 2. The third kappa shape index (κ3) is 7.94. The molecule has 0 aliphatic carbocycles. The zero-order valence-corrected chi connectivity index (χ0v) is 15.3. The standard InChI is InChI=1S/C15H19ClF3N3O2.ClH/c1-20-7-3-4-14(24)22(2)9-13(23)21-10-5-6-12(16)11(8-10)15(17,18)19;/h5-6,8,20H,3-4,7,9H2,1-2H3,(H,21,23);1H. The van der Waals surface area contributed by atoms with Crippen LogP contribution >= 0.6 is 24.0 Å². The molecule has 0 unspecified atom stereocenters. The fraction of sp³-hybridized carbons (Fsp3) is 0.467. The third-order valence-corrected chi connectivity index (χ3v) is 3.51. The summed E-state index contributed by atoms with van der Waals surface area (Å²) in [6.07, 6.45) is -3.70. The molecular weight excluding hydrogens is 382 g/mol. The van der Waals surface area contributed by atoms with Crippen LogP contribution in [0.1, 0.15) is 18.4 Å². The Hall–Kier alpha value is -1.51. The highest BCUT2D eigenvalue weighted by Gasteiger charge is 2.33. The average molecular weight is 402 g/mol. The molecule has 25 heavy (non-hydrogen) atoms. The second-order valence-electron chi connectivity index (χ2n) is 5.20. The molecule has 0 radical (unpaired) electrons. The van der Waals surface area contributed by atoms with E-state index in [9.17, 15) is 22.8 Å². The monoisotopic (exact) mass is 401 g/mol. The molecule has 0 fully saturated rings. The van der Waals surface area contributed by atoms with Crippen molar-refractivity contribution >= 4 is 41.5 Å². The quantitative estimate of drug-likeness (QED) is 0.689. The average Bonchev–Trinajstić information content (AvgIpc) is 2.48. The van der Waals surface area contributed by atoms with Gasteiger partial charge in [-0.15, -0.1) is 12.4 Å². The van der Waals surface area contributed by atoms with E-state index in [0.29, 0.717) is 13.0 Å². The first-order valence-corrected chi connectivity index (χ1v) is 7.58. The van der Waals surface area contributed by atoms with Gasteiger partial charge in [-0.05, 0) is 38.2 Å². The normalized spacial score (nSPS) is 10.8. The summed E-state index contributed by atoms with van der Waals surface area (Å²) < 4.78 is 38.3. The molecule has 1 aromatic rings. The first-order valence-electron chi connectivity index (χ1n) is 7.20. The van der Waals surface area contributed by atoms with Crippen LogP contribution in [0, 0.1) is 0 Å². The van der Waals surface area contributed by atoms with Gasteiger partial charge in [-0.3, -0.25) is 9.59 Å². The van der Waals surface area contributed by atoms with Crippen molar-refractivity contribution in [3.8, 4) is 0 Å². The summed E-state index contributed by atoms with van der Waals surface area (Å²) in [6.45, 7) is 0.430. The summed E-state index contributed by atoms with van der Waals surface area (Å²) in [5.41, 5.74) is -1.06. The van der Waals surface area contributed by atoms with Crippen molar-refractivity contribution in [1.82, 2.24) is 10.2 Å². The van der Waals surface area contributed by atoms with Crippen LogP contribution in [0.4, 0.5) is 18.9 Å². The lowest BCUT2D eigenvalue weighted by Gasteiger charge is -2.17. The highest BCUT2D eigenvalue weighted by molar-refractivity contribution is 6.31. The predicted octanol–water partition coefficient (Wildman–Crippen LogP) is 3.18.